The Morgan fingerprint density at radius 1 is 1.20 bits per heavy atom. The van der Waals surface area contributed by atoms with Crippen molar-refractivity contribution in [2.24, 2.45) is 0 Å². The smallest absolute Gasteiger partial charge is 0.150 e. The number of carbonyl (C=O) groups is 1. The van der Waals surface area contributed by atoms with Crippen LogP contribution in [0.1, 0.15) is 10.4 Å². The van der Waals surface area contributed by atoms with Gasteiger partial charge in [-0.15, -0.1) is 0 Å². The Kier molecular flexibility index (Phi) is 4.00. The molecule has 0 unspecified atom stereocenters. The summed E-state index contributed by atoms with van der Waals surface area (Å²) in [5.74, 6) is 0.181. The second-order valence-electron chi connectivity index (χ2n) is 1.71. The predicted molar refractivity (Wildman–Crippen MR) is 33.5 cm³/mol. The van der Waals surface area contributed by atoms with Gasteiger partial charge in [0, 0.05) is 27.3 Å². The van der Waals surface area contributed by atoms with E-state index in [-0.39, 0.29) is 27.5 Å². The zero-order valence-corrected chi connectivity index (χ0v) is 6.80. The van der Waals surface area contributed by atoms with Crippen molar-refractivity contribution < 1.29 is 31.6 Å². The van der Waals surface area contributed by atoms with Crippen LogP contribution in [0.25, 0.3) is 0 Å². The first-order valence-electron chi connectivity index (χ1n) is 2.57. The van der Waals surface area contributed by atoms with Gasteiger partial charge in [0.05, 0.1) is 0 Å². The first-order valence-corrected chi connectivity index (χ1v) is 2.57. The van der Waals surface area contributed by atoms with Gasteiger partial charge in [0.2, 0.25) is 0 Å². The predicted octanol–water partition coefficient (Wildman–Crippen LogP) is 1.20. The number of hydrogen-bond donors (Lipinski definition) is 1. The monoisotopic (exact) mass is 170 g/mol. The summed E-state index contributed by atoms with van der Waals surface area (Å²) in [6.45, 7) is 0. The molecule has 3 heteroatoms. The largest absolute Gasteiger partial charge is 0.508 e. The van der Waals surface area contributed by atoms with E-state index in [0.717, 1.165) is 6.29 Å². The van der Waals surface area contributed by atoms with Gasteiger partial charge in [-0.1, -0.05) is 0 Å². The minimum atomic E-state index is 0. The normalized spacial score (nSPS) is 8.00. The van der Waals surface area contributed by atoms with Gasteiger partial charge >= 0.3 is 0 Å². The molecule has 0 bridgehead atoms. The van der Waals surface area contributed by atoms with E-state index in [0.29, 0.717) is 5.56 Å². The summed E-state index contributed by atoms with van der Waals surface area (Å²) in [6, 6.07) is 6.07. The molecule has 0 aliphatic carbocycles. The fourth-order valence-electron chi connectivity index (χ4n) is 0.553. The van der Waals surface area contributed by atoms with Crippen molar-refractivity contribution in [1.82, 2.24) is 0 Å². The topological polar surface area (TPSA) is 37.3 Å². The van der Waals surface area contributed by atoms with E-state index in [1.165, 1.54) is 12.1 Å². The number of phenolic OH excluding ortho intramolecular Hbond substituents is 1. The van der Waals surface area contributed by atoms with Gasteiger partial charge in [0.25, 0.3) is 0 Å². The number of benzene rings is 1. The number of hydrogen-bond acceptors (Lipinski definition) is 2. The third-order valence-corrected chi connectivity index (χ3v) is 1.03. The molecule has 10 heavy (non-hydrogen) atoms. The van der Waals surface area contributed by atoms with E-state index in [1.807, 2.05) is 0 Å². The van der Waals surface area contributed by atoms with Crippen molar-refractivity contribution in [2.45, 2.75) is 0 Å². The van der Waals surface area contributed by atoms with Crippen LogP contribution in [0, 0.1) is 0 Å². The van der Waals surface area contributed by atoms with E-state index in [9.17, 15) is 4.79 Å². The Hall–Kier alpha value is -0.596. The molecule has 0 heterocycles. The molecule has 0 saturated heterocycles. The molecule has 0 aliphatic heterocycles. The van der Waals surface area contributed by atoms with Crippen LogP contribution in [0.3, 0.4) is 0 Å². The van der Waals surface area contributed by atoms with E-state index in [4.69, 9.17) is 5.11 Å². The molecule has 0 radical (unpaired) electrons. The fourth-order valence-corrected chi connectivity index (χ4v) is 0.553. The average Bonchev–Trinajstić information content (AvgIpc) is 1.90. The molecule has 0 spiro atoms. The molecule has 50 valence electrons. The van der Waals surface area contributed by atoms with Crippen LogP contribution in [0.4, 0.5) is 0 Å². The molecule has 1 N–H and O–H groups in total. The summed E-state index contributed by atoms with van der Waals surface area (Å²) in [5, 5.41) is 8.74. The molecular formula is C7H6O2Ti. The number of aromatic hydroxyl groups is 1. The quantitative estimate of drug-likeness (QED) is 0.507. The number of rotatable bonds is 1. The average molecular weight is 170 g/mol. The van der Waals surface area contributed by atoms with Gasteiger partial charge in [-0.25, -0.2) is 0 Å². The Balaban J connectivity index is 0.000000810. The van der Waals surface area contributed by atoms with Crippen molar-refractivity contribution in [3.05, 3.63) is 29.8 Å². The van der Waals surface area contributed by atoms with E-state index in [1.54, 1.807) is 12.1 Å². The SMILES string of the molecule is O=Cc1ccc(O)cc1.[Ti]. The van der Waals surface area contributed by atoms with Crippen LogP contribution in [0.5, 0.6) is 5.75 Å². The van der Waals surface area contributed by atoms with Crippen molar-refractivity contribution in [1.29, 1.82) is 0 Å². The Morgan fingerprint density at radius 2 is 1.70 bits per heavy atom. The Labute approximate surface area is 73.8 Å². The van der Waals surface area contributed by atoms with Gasteiger partial charge in [0.1, 0.15) is 12.0 Å². The molecule has 1 rings (SSSR count). The Morgan fingerprint density at radius 3 is 2.10 bits per heavy atom. The Bertz CT molecular complexity index is 205. The first-order chi connectivity index (χ1) is 4.33. The maximum absolute atomic E-state index is 10.0. The first kappa shape index (κ1) is 9.40. The molecule has 0 atom stereocenters. The van der Waals surface area contributed by atoms with Crippen LogP contribution in [0.15, 0.2) is 24.3 Å². The molecule has 0 aliphatic rings. The van der Waals surface area contributed by atoms with Crippen molar-refractivity contribution in [2.75, 3.05) is 0 Å². The molecule has 1 aromatic carbocycles. The van der Waals surface area contributed by atoms with Crippen molar-refractivity contribution >= 4 is 6.29 Å². The molecule has 1 aromatic rings. The molecule has 0 saturated carbocycles. The number of aldehydes is 1. The van der Waals surface area contributed by atoms with Gasteiger partial charge in [-0.3, -0.25) is 4.79 Å². The zero-order valence-electron chi connectivity index (χ0n) is 5.24. The van der Waals surface area contributed by atoms with Crippen LogP contribution in [-0.2, 0) is 21.7 Å². The third-order valence-electron chi connectivity index (χ3n) is 1.03. The molecule has 2 nitrogen and oxygen atoms in total. The summed E-state index contributed by atoms with van der Waals surface area (Å²) < 4.78 is 0. The van der Waals surface area contributed by atoms with Crippen LogP contribution < -0.4 is 0 Å². The maximum atomic E-state index is 10.0. The maximum Gasteiger partial charge on any atom is 0.150 e. The second kappa shape index (κ2) is 4.26. The minimum Gasteiger partial charge on any atom is -0.508 e. The van der Waals surface area contributed by atoms with E-state index < -0.39 is 0 Å². The molecule has 0 fully saturated rings. The molecule has 0 aromatic heterocycles. The summed E-state index contributed by atoms with van der Waals surface area (Å²) in [5.41, 5.74) is 0.577. The summed E-state index contributed by atoms with van der Waals surface area (Å²) in [6.07, 6.45) is 0.736. The zero-order chi connectivity index (χ0) is 6.69. The summed E-state index contributed by atoms with van der Waals surface area (Å²) in [4.78, 5) is 10.0. The third kappa shape index (κ3) is 2.34. The van der Waals surface area contributed by atoms with E-state index in [2.05, 4.69) is 0 Å². The van der Waals surface area contributed by atoms with Crippen molar-refractivity contribution in [3.8, 4) is 5.75 Å². The number of phenols is 1. The molecule has 0 amide bonds. The minimum absolute atomic E-state index is 0. The van der Waals surface area contributed by atoms with E-state index >= 15 is 0 Å². The van der Waals surface area contributed by atoms with Gasteiger partial charge in [-0.2, -0.15) is 0 Å². The standard InChI is InChI=1S/C7H6O2.Ti/c8-5-6-1-3-7(9)4-2-6;/h1-5,9H;. The van der Waals surface area contributed by atoms with Gasteiger partial charge < -0.3 is 5.11 Å². The molecular weight excluding hydrogens is 164 g/mol. The van der Waals surface area contributed by atoms with Crippen LogP contribution >= 0.6 is 0 Å². The van der Waals surface area contributed by atoms with Crippen molar-refractivity contribution in [3.63, 3.8) is 0 Å². The van der Waals surface area contributed by atoms with Gasteiger partial charge in [0.15, 0.2) is 0 Å². The van der Waals surface area contributed by atoms with Gasteiger partial charge in [-0.05, 0) is 24.3 Å². The number of carbonyl (C=O) groups excluding carboxylic acids is 1. The van der Waals surface area contributed by atoms with Crippen LogP contribution in [-0.4, -0.2) is 11.4 Å². The summed E-state index contributed by atoms with van der Waals surface area (Å²) in [7, 11) is 0. The fraction of sp³-hybridized carbons (Fsp3) is 0. The summed E-state index contributed by atoms with van der Waals surface area (Å²) >= 11 is 0. The second-order valence-corrected chi connectivity index (χ2v) is 1.71. The van der Waals surface area contributed by atoms with Crippen LogP contribution in [0.2, 0.25) is 0 Å².